The van der Waals surface area contributed by atoms with Gasteiger partial charge < -0.3 is 0 Å². The molecule has 7 nitrogen and oxygen atoms in total. The first kappa shape index (κ1) is 56.0. The number of hydrogen-bond acceptors (Lipinski definition) is 7. The summed E-state index contributed by atoms with van der Waals surface area (Å²) >= 11 is 0. The summed E-state index contributed by atoms with van der Waals surface area (Å²) in [6.45, 7) is 13.5. The molecular formula is C48H99O7P. The molecule has 0 bridgehead atoms. The van der Waals surface area contributed by atoms with Crippen molar-refractivity contribution in [1.82, 2.24) is 0 Å². The fourth-order valence-corrected chi connectivity index (χ4v) is 8.24. The maximum Gasteiger partial charge on any atom is 0.556 e. The number of rotatable bonds is 48. The molecule has 0 rings (SSSR count). The van der Waals surface area contributed by atoms with Crippen LogP contribution in [-0.2, 0) is 33.3 Å². The second kappa shape index (κ2) is 44.5. The van der Waals surface area contributed by atoms with Crippen LogP contribution in [0.15, 0.2) is 0 Å². The van der Waals surface area contributed by atoms with E-state index in [-0.39, 0.29) is 18.3 Å². The van der Waals surface area contributed by atoms with Crippen molar-refractivity contribution in [3.05, 3.63) is 0 Å². The molecule has 0 amide bonds. The van der Waals surface area contributed by atoms with Gasteiger partial charge in [-0.25, -0.2) is 19.2 Å². The van der Waals surface area contributed by atoms with Crippen LogP contribution in [0.1, 0.15) is 292 Å². The van der Waals surface area contributed by atoms with Gasteiger partial charge in [0.25, 0.3) is 0 Å². The van der Waals surface area contributed by atoms with Crippen LogP contribution in [0.3, 0.4) is 0 Å². The first-order chi connectivity index (χ1) is 27.5. The highest BCUT2D eigenvalue weighted by Gasteiger charge is 2.36. The van der Waals surface area contributed by atoms with Gasteiger partial charge in [-0.1, -0.05) is 253 Å². The van der Waals surface area contributed by atoms with Crippen molar-refractivity contribution in [2.75, 3.05) is 0 Å². The molecule has 0 radical (unpaired) electrons. The minimum absolute atomic E-state index is 0.182. The smallest absolute Gasteiger partial charge is 0.223 e. The van der Waals surface area contributed by atoms with E-state index in [9.17, 15) is 4.57 Å². The lowest BCUT2D eigenvalue weighted by Crippen LogP contribution is -2.19. The second-order valence-corrected chi connectivity index (χ2v) is 18.4. The van der Waals surface area contributed by atoms with Crippen molar-refractivity contribution in [2.24, 2.45) is 0 Å². The standard InChI is InChI=1S/C48H99O7P/c1-7-13-19-25-31-37-43-46(40-34-28-22-16-10-4)50-53-56(49,54-51-47(41-35-29-23-17-11-5)44-38-32-26-20-14-8-2)55-52-48(42-36-30-24-18-12-6)45-39-33-27-21-15-9-3/h46-48H,7-45H2,1-6H3. The summed E-state index contributed by atoms with van der Waals surface area (Å²) in [5, 5.41) is 0. The van der Waals surface area contributed by atoms with Crippen molar-refractivity contribution >= 4 is 7.82 Å². The van der Waals surface area contributed by atoms with Gasteiger partial charge in [-0.3, -0.25) is 0 Å². The van der Waals surface area contributed by atoms with Crippen molar-refractivity contribution in [1.29, 1.82) is 0 Å². The zero-order valence-electron chi connectivity index (χ0n) is 38.6. The lowest BCUT2D eigenvalue weighted by atomic mass is 10.0. The number of unbranched alkanes of at least 4 members (excludes halogenated alkanes) is 27. The van der Waals surface area contributed by atoms with E-state index < -0.39 is 7.82 Å². The fourth-order valence-electron chi connectivity index (χ4n) is 7.48. The van der Waals surface area contributed by atoms with E-state index in [1.54, 1.807) is 0 Å². The van der Waals surface area contributed by atoms with Crippen LogP contribution in [0.25, 0.3) is 0 Å². The fraction of sp³-hybridized carbons (Fsp3) is 1.00. The maximum absolute atomic E-state index is 14.5. The molecule has 0 spiro atoms. The predicted octanol–water partition coefficient (Wildman–Crippen LogP) is 18.4. The van der Waals surface area contributed by atoms with Crippen LogP contribution in [0.5, 0.6) is 0 Å². The molecule has 0 fully saturated rings. The zero-order chi connectivity index (χ0) is 41.1. The summed E-state index contributed by atoms with van der Waals surface area (Å²) in [7, 11) is -4.36. The molecule has 3 atom stereocenters. The van der Waals surface area contributed by atoms with Gasteiger partial charge in [0.05, 0.1) is 18.3 Å². The molecule has 3 unspecified atom stereocenters. The van der Waals surface area contributed by atoms with E-state index >= 15 is 0 Å². The highest BCUT2D eigenvalue weighted by Crippen LogP contribution is 2.52. The molecule has 56 heavy (non-hydrogen) atoms. The van der Waals surface area contributed by atoms with Gasteiger partial charge in [-0.05, 0) is 38.5 Å². The van der Waals surface area contributed by atoms with Crippen LogP contribution < -0.4 is 0 Å². The first-order valence-corrected chi connectivity index (χ1v) is 26.6. The average molecular weight is 819 g/mol. The average Bonchev–Trinajstić information content (AvgIpc) is 3.20. The van der Waals surface area contributed by atoms with Crippen molar-refractivity contribution in [3.8, 4) is 0 Å². The normalized spacial score (nSPS) is 14.6. The van der Waals surface area contributed by atoms with E-state index in [2.05, 4.69) is 41.5 Å². The predicted molar refractivity (Wildman–Crippen MR) is 240 cm³/mol. The van der Waals surface area contributed by atoms with Crippen LogP contribution in [-0.4, -0.2) is 18.3 Å². The number of phosphoric acid groups is 1. The third-order valence-corrected chi connectivity index (χ3v) is 12.1. The second-order valence-electron chi connectivity index (χ2n) is 17.1. The summed E-state index contributed by atoms with van der Waals surface area (Å²) in [4.78, 5) is 18.2. The Labute approximate surface area is 350 Å². The van der Waals surface area contributed by atoms with E-state index in [0.717, 1.165) is 96.3 Å². The third-order valence-electron chi connectivity index (χ3n) is 11.3. The van der Waals surface area contributed by atoms with Crippen LogP contribution in [0.4, 0.5) is 0 Å². The van der Waals surface area contributed by atoms with Crippen molar-refractivity contribution < 1.29 is 33.3 Å². The summed E-state index contributed by atoms with van der Waals surface area (Å²) in [6, 6.07) is 0. The Morgan fingerprint density at radius 2 is 0.429 bits per heavy atom. The quantitative estimate of drug-likeness (QED) is 0.0262. The van der Waals surface area contributed by atoms with E-state index in [1.807, 2.05) is 0 Å². The van der Waals surface area contributed by atoms with Gasteiger partial charge in [-0.15, -0.1) is 14.0 Å². The molecule has 0 aromatic carbocycles. The molecule has 0 aliphatic carbocycles. The lowest BCUT2D eigenvalue weighted by molar-refractivity contribution is -0.355. The zero-order valence-corrected chi connectivity index (χ0v) is 39.5. The van der Waals surface area contributed by atoms with Crippen LogP contribution in [0, 0.1) is 0 Å². The Hall–Kier alpha value is -0.0100. The molecule has 0 aliphatic rings. The van der Waals surface area contributed by atoms with Gasteiger partial charge >= 0.3 is 7.82 Å². The molecule has 338 valence electrons. The van der Waals surface area contributed by atoms with Crippen molar-refractivity contribution in [2.45, 2.75) is 310 Å². The minimum atomic E-state index is -4.36. The minimum Gasteiger partial charge on any atom is -0.223 e. The summed E-state index contributed by atoms with van der Waals surface area (Å²) in [5.74, 6) is 0. The van der Waals surface area contributed by atoms with Gasteiger partial charge in [0.2, 0.25) is 0 Å². The Morgan fingerprint density at radius 3 is 0.607 bits per heavy atom. The Balaban J connectivity index is 5.87. The number of hydrogen-bond donors (Lipinski definition) is 0. The Kier molecular flexibility index (Phi) is 44.5. The molecule has 0 saturated carbocycles. The van der Waals surface area contributed by atoms with Gasteiger partial charge in [0.1, 0.15) is 0 Å². The third kappa shape index (κ3) is 38.2. The topological polar surface area (TPSA) is 72.5 Å². The van der Waals surface area contributed by atoms with E-state index in [0.29, 0.717) is 0 Å². The summed E-state index contributed by atoms with van der Waals surface area (Å²) in [5.41, 5.74) is 0. The SMILES string of the molecule is CCCCCCCCC(CCCCCCC)OOP(=O)(OOC(CCCCCCC)CCCCCCCC)OOC(CCCCCCC)CCCCCCCC. The summed E-state index contributed by atoms with van der Waals surface area (Å²) in [6.07, 6.45) is 44.2. The van der Waals surface area contributed by atoms with E-state index in [1.165, 1.54) is 154 Å². The largest absolute Gasteiger partial charge is 0.556 e. The molecule has 0 aromatic rings. The molecule has 0 heterocycles. The highest BCUT2D eigenvalue weighted by atomic mass is 31.2. The molecule has 0 saturated heterocycles. The monoisotopic (exact) mass is 819 g/mol. The van der Waals surface area contributed by atoms with Crippen LogP contribution in [0.2, 0.25) is 0 Å². The Morgan fingerprint density at radius 1 is 0.268 bits per heavy atom. The van der Waals surface area contributed by atoms with Gasteiger partial charge in [0, 0.05) is 0 Å². The molecule has 8 heteroatoms. The molecular weight excluding hydrogens is 719 g/mol. The molecule has 0 aliphatic heterocycles. The summed E-state index contributed by atoms with van der Waals surface area (Å²) < 4.78 is 31.8. The first-order valence-electron chi connectivity index (χ1n) is 25.1. The lowest BCUT2D eigenvalue weighted by Gasteiger charge is -2.24. The molecule has 0 aromatic heterocycles. The van der Waals surface area contributed by atoms with Gasteiger partial charge in [-0.2, -0.15) is 0 Å². The molecule has 0 N–H and O–H groups in total. The highest BCUT2D eigenvalue weighted by molar-refractivity contribution is 7.48. The van der Waals surface area contributed by atoms with E-state index in [4.69, 9.17) is 28.7 Å². The van der Waals surface area contributed by atoms with Crippen LogP contribution >= 0.6 is 7.82 Å². The maximum atomic E-state index is 14.5. The van der Waals surface area contributed by atoms with Crippen molar-refractivity contribution in [3.63, 3.8) is 0 Å². The van der Waals surface area contributed by atoms with Gasteiger partial charge in [0.15, 0.2) is 0 Å². The Bertz CT molecular complexity index is 700.